The van der Waals surface area contributed by atoms with Crippen molar-refractivity contribution in [3.05, 3.63) is 60.7 Å². The highest BCUT2D eigenvalue weighted by molar-refractivity contribution is 6.38. The molecule has 2 fully saturated rings. The standard InChI is InChI=1S/C34H47N5O5/c1-8-10-15-24(28(40)30(42)35-16-9-2)36-29(41)27-25-23(34(25,6)7)19-39(27)31(43)26(37-32(44)38-33(3,4)5)22-17-20-13-11-12-14-21(20)18-22/h8-9,11-14,22-27H,1-2,10,15-19H2,3-7H3,(H,35,42)(H,36,41)(H2,37,38,44)/t23?,24?,25?,26-,27-/m0/s1. The molecule has 0 aromatic heterocycles. The van der Waals surface area contributed by atoms with Crippen LogP contribution in [0.25, 0.3) is 0 Å². The number of Topliss-reactive ketones (excluding diaryl/α,β-unsaturated/α-hetero) is 1. The molecule has 44 heavy (non-hydrogen) atoms. The second kappa shape index (κ2) is 13.0. The van der Waals surface area contributed by atoms with Crippen LogP contribution in [0.1, 0.15) is 58.6 Å². The van der Waals surface area contributed by atoms with Crippen molar-refractivity contribution in [2.45, 2.75) is 84.0 Å². The van der Waals surface area contributed by atoms with Crippen LogP contribution < -0.4 is 21.3 Å². The van der Waals surface area contributed by atoms with Gasteiger partial charge in [0.1, 0.15) is 12.1 Å². The van der Waals surface area contributed by atoms with Crippen LogP contribution in [0.3, 0.4) is 0 Å². The van der Waals surface area contributed by atoms with Crippen molar-refractivity contribution in [3.63, 3.8) is 0 Å². The average Bonchev–Trinajstić information content (AvgIpc) is 3.33. The third-order valence-corrected chi connectivity index (χ3v) is 9.28. The minimum Gasteiger partial charge on any atom is -0.346 e. The van der Waals surface area contributed by atoms with Gasteiger partial charge in [0.2, 0.25) is 17.6 Å². The van der Waals surface area contributed by atoms with Crippen molar-refractivity contribution >= 4 is 29.5 Å². The van der Waals surface area contributed by atoms with Crippen LogP contribution in [0.4, 0.5) is 4.79 Å². The normalized spacial score (nSPS) is 22.9. The number of carbonyl (C=O) groups is 5. The van der Waals surface area contributed by atoms with Gasteiger partial charge in [-0.1, -0.05) is 50.3 Å². The molecule has 3 aliphatic rings. The summed E-state index contributed by atoms with van der Waals surface area (Å²) in [5.74, 6) is -2.54. The monoisotopic (exact) mass is 605 g/mol. The minimum atomic E-state index is -1.07. The van der Waals surface area contributed by atoms with Gasteiger partial charge in [0, 0.05) is 18.6 Å². The molecule has 1 saturated heterocycles. The molecule has 2 aliphatic carbocycles. The molecule has 1 saturated carbocycles. The van der Waals surface area contributed by atoms with E-state index in [1.54, 1.807) is 11.0 Å². The molecule has 10 heteroatoms. The van der Waals surface area contributed by atoms with Gasteiger partial charge in [0.05, 0.1) is 6.04 Å². The van der Waals surface area contributed by atoms with Crippen LogP contribution >= 0.6 is 0 Å². The molecule has 1 aliphatic heterocycles. The number of allylic oxidation sites excluding steroid dienone is 1. The molecular formula is C34H47N5O5. The Morgan fingerprint density at radius 3 is 2.23 bits per heavy atom. The zero-order chi connectivity index (χ0) is 32.4. The van der Waals surface area contributed by atoms with E-state index in [-0.39, 0.29) is 42.0 Å². The molecule has 3 unspecified atom stereocenters. The second-order valence-corrected chi connectivity index (χ2v) is 13.9. The molecule has 10 nitrogen and oxygen atoms in total. The molecule has 0 radical (unpaired) electrons. The highest BCUT2D eigenvalue weighted by atomic mass is 16.2. The maximum Gasteiger partial charge on any atom is 0.315 e. The van der Waals surface area contributed by atoms with Crippen LogP contribution in [0, 0.1) is 23.2 Å². The Hall–Kier alpha value is -3.95. The smallest absolute Gasteiger partial charge is 0.315 e. The summed E-state index contributed by atoms with van der Waals surface area (Å²) >= 11 is 0. The van der Waals surface area contributed by atoms with E-state index in [0.717, 1.165) is 11.1 Å². The molecule has 238 valence electrons. The van der Waals surface area contributed by atoms with Gasteiger partial charge in [-0.2, -0.15) is 0 Å². The number of ketones is 1. The number of urea groups is 1. The van der Waals surface area contributed by atoms with Gasteiger partial charge in [0.25, 0.3) is 5.91 Å². The van der Waals surface area contributed by atoms with E-state index in [0.29, 0.717) is 25.8 Å². The zero-order valence-electron chi connectivity index (χ0n) is 26.6. The van der Waals surface area contributed by atoms with E-state index in [4.69, 9.17) is 0 Å². The van der Waals surface area contributed by atoms with Crippen molar-refractivity contribution in [2.24, 2.45) is 23.2 Å². The number of piperidine rings is 1. The number of nitrogens with one attached hydrogen (secondary N) is 4. The summed E-state index contributed by atoms with van der Waals surface area (Å²) < 4.78 is 0. The molecule has 5 atom stereocenters. The Bertz CT molecular complexity index is 1310. The quantitative estimate of drug-likeness (QED) is 0.215. The number of amides is 5. The fraction of sp³-hybridized carbons (Fsp3) is 0.559. The van der Waals surface area contributed by atoms with Crippen LogP contribution in [0.5, 0.6) is 0 Å². The predicted octanol–water partition coefficient (Wildman–Crippen LogP) is 2.67. The highest BCUT2D eigenvalue weighted by Crippen LogP contribution is 2.65. The summed E-state index contributed by atoms with van der Waals surface area (Å²) in [6.45, 7) is 17.5. The Morgan fingerprint density at radius 1 is 1.02 bits per heavy atom. The van der Waals surface area contributed by atoms with E-state index >= 15 is 0 Å². The predicted molar refractivity (Wildman–Crippen MR) is 168 cm³/mol. The molecule has 1 aromatic carbocycles. The van der Waals surface area contributed by atoms with Gasteiger partial charge in [-0.15, -0.1) is 13.2 Å². The largest absolute Gasteiger partial charge is 0.346 e. The Kier molecular flexibility index (Phi) is 9.71. The third-order valence-electron chi connectivity index (χ3n) is 9.28. The Labute approximate surface area is 260 Å². The van der Waals surface area contributed by atoms with Crippen molar-refractivity contribution in [2.75, 3.05) is 13.1 Å². The van der Waals surface area contributed by atoms with Crippen LogP contribution in [-0.2, 0) is 32.0 Å². The van der Waals surface area contributed by atoms with Crippen LogP contribution in [-0.4, -0.2) is 71.2 Å². The lowest BCUT2D eigenvalue weighted by molar-refractivity contribution is -0.144. The first-order valence-electron chi connectivity index (χ1n) is 15.5. The topological polar surface area (TPSA) is 137 Å². The molecule has 1 aromatic rings. The molecule has 4 rings (SSSR count). The number of carbonyl (C=O) groups excluding carboxylic acids is 5. The maximum absolute atomic E-state index is 14.4. The molecular weight excluding hydrogens is 558 g/mol. The first-order chi connectivity index (χ1) is 20.7. The minimum absolute atomic E-state index is 0.102. The van der Waals surface area contributed by atoms with Crippen molar-refractivity contribution < 1.29 is 24.0 Å². The molecule has 4 N–H and O–H groups in total. The number of rotatable bonds is 12. The Morgan fingerprint density at radius 2 is 1.66 bits per heavy atom. The average molecular weight is 606 g/mol. The third kappa shape index (κ3) is 7.05. The van der Waals surface area contributed by atoms with Gasteiger partial charge in [-0.3, -0.25) is 19.2 Å². The van der Waals surface area contributed by atoms with Gasteiger partial charge in [-0.25, -0.2) is 4.79 Å². The van der Waals surface area contributed by atoms with Gasteiger partial charge >= 0.3 is 6.03 Å². The molecule has 0 spiro atoms. The summed E-state index contributed by atoms with van der Waals surface area (Å²) in [7, 11) is 0. The summed E-state index contributed by atoms with van der Waals surface area (Å²) in [4.78, 5) is 68.7. The zero-order valence-corrected chi connectivity index (χ0v) is 26.6. The van der Waals surface area contributed by atoms with Gasteiger partial charge in [-0.05, 0) is 80.8 Å². The van der Waals surface area contributed by atoms with Crippen molar-refractivity contribution in [1.82, 2.24) is 26.2 Å². The summed E-state index contributed by atoms with van der Waals surface area (Å²) in [5.41, 5.74) is 1.61. The lowest BCUT2D eigenvalue weighted by Crippen LogP contribution is -2.61. The molecule has 1 heterocycles. The summed E-state index contributed by atoms with van der Waals surface area (Å²) in [6, 6.07) is 4.81. The van der Waals surface area contributed by atoms with Gasteiger partial charge < -0.3 is 26.2 Å². The fourth-order valence-electron chi connectivity index (χ4n) is 6.94. The van der Waals surface area contributed by atoms with Crippen molar-refractivity contribution in [1.29, 1.82) is 0 Å². The van der Waals surface area contributed by atoms with Crippen molar-refractivity contribution in [3.8, 4) is 0 Å². The molecule has 5 amide bonds. The maximum atomic E-state index is 14.4. The lowest BCUT2D eigenvalue weighted by Gasteiger charge is -2.35. The van der Waals surface area contributed by atoms with E-state index in [9.17, 15) is 24.0 Å². The first kappa shape index (κ1) is 33.0. The number of nitrogens with zero attached hydrogens (tertiary/aromatic N) is 1. The van der Waals surface area contributed by atoms with E-state index in [2.05, 4.69) is 48.3 Å². The fourth-order valence-corrected chi connectivity index (χ4v) is 6.94. The number of benzene rings is 1. The number of hydrogen-bond donors (Lipinski definition) is 4. The summed E-state index contributed by atoms with van der Waals surface area (Å²) in [5, 5.41) is 11.1. The number of hydrogen-bond acceptors (Lipinski definition) is 5. The van der Waals surface area contributed by atoms with E-state index in [1.165, 1.54) is 6.08 Å². The summed E-state index contributed by atoms with van der Waals surface area (Å²) in [6.07, 6.45) is 4.96. The van der Waals surface area contributed by atoms with Gasteiger partial charge in [0.15, 0.2) is 0 Å². The number of fused-ring (bicyclic) bond motifs is 2. The highest BCUT2D eigenvalue weighted by Gasteiger charge is 2.69. The lowest BCUT2D eigenvalue weighted by atomic mass is 9.93. The molecule has 0 bridgehead atoms. The Balaban J connectivity index is 1.59. The van der Waals surface area contributed by atoms with E-state index in [1.807, 2.05) is 45.0 Å². The van der Waals surface area contributed by atoms with Crippen LogP contribution in [0.15, 0.2) is 49.6 Å². The van der Waals surface area contributed by atoms with E-state index < -0.39 is 47.3 Å². The number of likely N-dealkylation sites (tertiary alicyclic amines) is 1. The second-order valence-electron chi connectivity index (χ2n) is 13.9. The van der Waals surface area contributed by atoms with Crippen LogP contribution in [0.2, 0.25) is 0 Å². The first-order valence-corrected chi connectivity index (χ1v) is 15.5. The SMILES string of the molecule is C=CCCC(NC(=O)[C@@H]1C2C(CN1C(=O)[C@@H](NC(=O)NC(C)(C)C)C1Cc3ccccc3C1)C2(C)C)C(=O)C(=O)NCC=C.